The second kappa shape index (κ2) is 14.7. The van der Waals surface area contributed by atoms with Gasteiger partial charge in [-0.05, 0) is 98.5 Å². The summed E-state index contributed by atoms with van der Waals surface area (Å²) in [4.78, 5) is 57.0. The van der Waals surface area contributed by atoms with E-state index >= 15 is 0 Å². The molecule has 12 heteroatoms. The van der Waals surface area contributed by atoms with Crippen LogP contribution in [0.25, 0.3) is 44.4 Å². The summed E-state index contributed by atoms with van der Waals surface area (Å²) in [6.07, 6.45) is 5.80. The molecule has 3 aromatic carbocycles. The van der Waals surface area contributed by atoms with Gasteiger partial charge in [-0.25, -0.2) is 19.6 Å². The lowest BCUT2D eigenvalue weighted by Crippen LogP contribution is -2.57. The van der Waals surface area contributed by atoms with Crippen LogP contribution in [-0.2, 0) is 19.8 Å². The van der Waals surface area contributed by atoms with Crippen molar-refractivity contribution in [2.24, 2.45) is 5.92 Å². The zero-order valence-corrected chi connectivity index (χ0v) is 31.8. The molecule has 3 atom stereocenters. The van der Waals surface area contributed by atoms with Crippen LogP contribution in [0.1, 0.15) is 78.0 Å². The van der Waals surface area contributed by atoms with E-state index in [0.29, 0.717) is 25.3 Å². The van der Waals surface area contributed by atoms with Gasteiger partial charge in [0, 0.05) is 12.1 Å². The van der Waals surface area contributed by atoms with Crippen LogP contribution < -0.4 is 10.6 Å². The molecule has 3 unspecified atom stereocenters. The van der Waals surface area contributed by atoms with Gasteiger partial charge in [0.2, 0.25) is 0 Å². The molecule has 282 valence electrons. The number of ketones is 1. The number of aromatic amines is 2. The van der Waals surface area contributed by atoms with E-state index < -0.39 is 23.3 Å². The Bertz CT molecular complexity index is 2160. The Balaban J connectivity index is 1.06. The summed E-state index contributed by atoms with van der Waals surface area (Å²) in [5.41, 5.74) is 4.27. The van der Waals surface area contributed by atoms with E-state index in [4.69, 9.17) is 9.47 Å². The summed E-state index contributed by atoms with van der Waals surface area (Å²) in [5.74, 6) is 1.05. The van der Waals surface area contributed by atoms with Crippen LogP contribution in [0.3, 0.4) is 0 Å². The molecule has 2 amide bonds. The Morgan fingerprint density at radius 1 is 0.870 bits per heavy atom. The Kier molecular flexibility index (Phi) is 10.1. The molecule has 2 fully saturated rings. The highest BCUT2D eigenvalue weighted by Crippen LogP contribution is 2.36. The fourth-order valence-electron chi connectivity index (χ4n) is 7.62. The molecule has 0 saturated carbocycles. The number of rotatable bonds is 9. The molecule has 4 N–H and O–H groups in total. The third kappa shape index (κ3) is 7.35. The van der Waals surface area contributed by atoms with Gasteiger partial charge >= 0.3 is 12.2 Å². The van der Waals surface area contributed by atoms with Gasteiger partial charge in [-0.2, -0.15) is 0 Å². The average Bonchev–Trinajstić information content (AvgIpc) is 3.99. The topological polar surface area (TPSA) is 154 Å². The number of hydrogen-bond acceptors (Lipinski definition) is 8. The van der Waals surface area contributed by atoms with E-state index in [1.54, 1.807) is 11.1 Å². The van der Waals surface area contributed by atoms with Gasteiger partial charge in [0.1, 0.15) is 22.8 Å². The van der Waals surface area contributed by atoms with Gasteiger partial charge in [-0.3, -0.25) is 15.0 Å². The lowest BCUT2D eigenvalue weighted by atomic mass is 9.83. The van der Waals surface area contributed by atoms with Gasteiger partial charge in [-0.1, -0.05) is 62.4 Å². The third-order valence-corrected chi connectivity index (χ3v) is 10.4. The Labute approximate surface area is 315 Å². The van der Waals surface area contributed by atoms with Crippen LogP contribution in [0.5, 0.6) is 0 Å². The van der Waals surface area contributed by atoms with Crippen LogP contribution in [0.2, 0.25) is 0 Å². The van der Waals surface area contributed by atoms with Crippen molar-refractivity contribution in [2.45, 2.75) is 83.5 Å². The largest absolute Gasteiger partial charge is 0.453 e. The lowest BCUT2D eigenvalue weighted by Gasteiger charge is -2.32. The minimum atomic E-state index is -1.03. The third-order valence-electron chi connectivity index (χ3n) is 10.4. The molecule has 0 radical (unpaired) electrons. The van der Waals surface area contributed by atoms with Crippen LogP contribution in [0.15, 0.2) is 73.1 Å². The van der Waals surface area contributed by atoms with Crippen molar-refractivity contribution in [1.82, 2.24) is 35.5 Å². The maximum atomic E-state index is 14.0. The number of Topliss-reactive ketones (excluding diaryl/α,β-unsaturated/α-hetero) is 1. The van der Waals surface area contributed by atoms with Gasteiger partial charge in [0.15, 0.2) is 5.78 Å². The molecule has 54 heavy (non-hydrogen) atoms. The van der Waals surface area contributed by atoms with Gasteiger partial charge in [-0.15, -0.1) is 0 Å². The molecule has 2 aliphatic heterocycles. The number of fused-ring (bicyclic) bond motifs is 1. The molecule has 2 aliphatic rings. The molecular formula is C42H49N7O5. The molecular weight excluding hydrogens is 683 g/mol. The molecule has 5 aromatic rings. The van der Waals surface area contributed by atoms with E-state index in [9.17, 15) is 14.4 Å². The molecule has 0 aliphatic carbocycles. The zero-order valence-electron chi connectivity index (χ0n) is 31.8. The molecule has 2 aromatic heterocycles. The summed E-state index contributed by atoms with van der Waals surface area (Å²) in [7, 11) is 1.29. The highest BCUT2D eigenvalue weighted by atomic mass is 16.6. The first-order chi connectivity index (χ1) is 25.8. The number of nitrogens with zero attached hydrogens (tertiary/aromatic N) is 3. The minimum Gasteiger partial charge on any atom is -0.453 e. The maximum Gasteiger partial charge on any atom is 0.410 e. The second-order valence-corrected chi connectivity index (χ2v) is 15.7. The Morgan fingerprint density at radius 2 is 1.52 bits per heavy atom. The fraction of sp³-hybridized carbons (Fsp3) is 0.405. The molecule has 0 bridgehead atoms. The molecule has 0 spiro atoms. The number of methoxy groups -OCH3 is 1. The number of benzene rings is 3. The number of H-pyrrole nitrogens is 2. The number of hydrogen-bond donors (Lipinski definition) is 4. The van der Waals surface area contributed by atoms with E-state index in [-0.39, 0.29) is 23.8 Å². The second-order valence-electron chi connectivity index (χ2n) is 15.7. The van der Waals surface area contributed by atoms with Crippen LogP contribution in [-0.4, -0.2) is 74.6 Å². The number of carbonyl (C=O) groups is 3. The minimum absolute atomic E-state index is 0.134. The zero-order chi connectivity index (χ0) is 38.2. The first-order valence-electron chi connectivity index (χ1n) is 18.7. The average molecular weight is 732 g/mol. The monoisotopic (exact) mass is 731 g/mol. The summed E-state index contributed by atoms with van der Waals surface area (Å²) >= 11 is 0. The van der Waals surface area contributed by atoms with Crippen molar-refractivity contribution in [3.05, 3.63) is 84.7 Å². The summed E-state index contributed by atoms with van der Waals surface area (Å²) in [6.45, 7) is 10.8. The van der Waals surface area contributed by atoms with E-state index in [0.717, 1.165) is 69.5 Å². The number of likely N-dealkylation sites (tertiary alicyclic amines) is 1. The van der Waals surface area contributed by atoms with Gasteiger partial charge < -0.3 is 24.8 Å². The molecule has 4 heterocycles. The summed E-state index contributed by atoms with van der Waals surface area (Å²) in [6, 6.07) is 20.2. The number of carbonyl (C=O) groups excluding carboxylic acids is 3. The van der Waals surface area contributed by atoms with Gasteiger partial charge in [0.25, 0.3) is 0 Å². The van der Waals surface area contributed by atoms with E-state index in [1.165, 1.54) is 7.11 Å². The summed E-state index contributed by atoms with van der Waals surface area (Å²) < 4.78 is 10.4. The van der Waals surface area contributed by atoms with Crippen LogP contribution in [0.4, 0.5) is 9.59 Å². The number of alkyl carbamates (subject to hydrolysis) is 1. The fourth-order valence-corrected chi connectivity index (χ4v) is 7.62. The number of nitrogens with one attached hydrogen (secondary N) is 4. The Hall–Kier alpha value is -5.49. The van der Waals surface area contributed by atoms with Crippen molar-refractivity contribution in [3.8, 4) is 33.6 Å². The SMILES string of the molecule is COC(=O)NC(C(=O)C1(c2ncc(-c3ccc(-c4ccc5cc(-c6cnc(C7CCCN7C(=O)OC(C)(C)C)[nH]6)ccc5c4)cc3)[nH]2)CCCN1)C(C)C. The van der Waals surface area contributed by atoms with Crippen LogP contribution >= 0.6 is 0 Å². The Morgan fingerprint density at radius 3 is 2.19 bits per heavy atom. The van der Waals surface area contributed by atoms with Crippen molar-refractivity contribution in [3.63, 3.8) is 0 Å². The maximum absolute atomic E-state index is 14.0. The van der Waals surface area contributed by atoms with Crippen molar-refractivity contribution >= 4 is 28.7 Å². The number of ether oxygens (including phenoxy) is 2. The first-order valence-corrected chi connectivity index (χ1v) is 18.7. The highest BCUT2D eigenvalue weighted by molar-refractivity contribution is 5.96. The van der Waals surface area contributed by atoms with E-state index in [1.807, 2.05) is 40.8 Å². The standard InChI is InChI=1S/C42H49N7O5/c1-25(2)35(48-39(51)53-6)36(50)42(18-8-19-45-42)38-44-24-32(47-38)27-12-10-26(11-13-27)28-14-15-30-22-31(17-16-29(30)21-28)33-23-43-37(46-33)34-9-7-20-49(34)40(52)54-41(3,4)5/h10-17,21-25,34-35,45H,7-9,18-20H2,1-6H3,(H,43,46)(H,44,47)(H,48,51). The number of amides is 2. The number of aromatic nitrogens is 4. The normalized spacial score (nSPS) is 19.3. The van der Waals surface area contributed by atoms with Crippen molar-refractivity contribution in [1.29, 1.82) is 0 Å². The number of imidazole rings is 2. The lowest BCUT2D eigenvalue weighted by molar-refractivity contribution is -0.128. The van der Waals surface area contributed by atoms with E-state index in [2.05, 4.69) is 91.2 Å². The first kappa shape index (κ1) is 36.9. The predicted molar refractivity (Wildman–Crippen MR) is 208 cm³/mol. The van der Waals surface area contributed by atoms with Crippen molar-refractivity contribution in [2.75, 3.05) is 20.2 Å². The highest BCUT2D eigenvalue weighted by Gasteiger charge is 2.49. The quantitative estimate of drug-likeness (QED) is 0.119. The smallest absolute Gasteiger partial charge is 0.410 e. The molecule has 2 saturated heterocycles. The van der Waals surface area contributed by atoms with Gasteiger partial charge in [0.05, 0.1) is 43.0 Å². The van der Waals surface area contributed by atoms with Crippen molar-refractivity contribution < 1.29 is 23.9 Å². The summed E-state index contributed by atoms with van der Waals surface area (Å²) in [5, 5.41) is 8.35. The molecule has 7 rings (SSSR count). The predicted octanol–water partition coefficient (Wildman–Crippen LogP) is 7.89. The molecule has 12 nitrogen and oxygen atoms in total. The van der Waals surface area contributed by atoms with Crippen LogP contribution in [0, 0.1) is 5.92 Å².